The van der Waals surface area contributed by atoms with Crippen LogP contribution in [0.4, 0.5) is 5.82 Å². The molecule has 0 saturated heterocycles. The Morgan fingerprint density at radius 1 is 1.14 bits per heavy atom. The summed E-state index contributed by atoms with van der Waals surface area (Å²) in [5.41, 5.74) is 13.5. The van der Waals surface area contributed by atoms with Crippen molar-refractivity contribution in [2.75, 3.05) is 5.73 Å². The number of hydrogen-bond donors (Lipinski definition) is 2. The SMILES string of the molecule is Cc1ccc(-c2c(N)n[nH]c2-c2cn(C)nc2C)cc1C. The molecule has 1 aromatic carbocycles. The number of benzene rings is 1. The van der Waals surface area contributed by atoms with E-state index < -0.39 is 0 Å². The number of aryl methyl sites for hydroxylation is 4. The molecule has 2 heterocycles. The number of aromatic amines is 1. The predicted molar refractivity (Wildman–Crippen MR) is 84.8 cm³/mol. The van der Waals surface area contributed by atoms with Gasteiger partial charge in [0.15, 0.2) is 5.82 Å². The van der Waals surface area contributed by atoms with E-state index in [1.807, 2.05) is 20.2 Å². The van der Waals surface area contributed by atoms with E-state index in [9.17, 15) is 0 Å². The van der Waals surface area contributed by atoms with Crippen molar-refractivity contribution >= 4 is 5.82 Å². The van der Waals surface area contributed by atoms with Crippen LogP contribution in [0.5, 0.6) is 0 Å². The Morgan fingerprint density at radius 3 is 2.52 bits per heavy atom. The van der Waals surface area contributed by atoms with Crippen molar-refractivity contribution < 1.29 is 0 Å². The van der Waals surface area contributed by atoms with Crippen molar-refractivity contribution in [3.8, 4) is 22.4 Å². The van der Waals surface area contributed by atoms with Gasteiger partial charge in [-0.2, -0.15) is 10.2 Å². The van der Waals surface area contributed by atoms with Crippen LogP contribution in [0.25, 0.3) is 22.4 Å². The second-order valence-corrected chi connectivity index (χ2v) is 5.46. The molecule has 0 fully saturated rings. The number of nitrogens with zero attached hydrogens (tertiary/aromatic N) is 3. The van der Waals surface area contributed by atoms with Gasteiger partial charge in [0.2, 0.25) is 0 Å². The van der Waals surface area contributed by atoms with Crippen LogP contribution < -0.4 is 5.73 Å². The van der Waals surface area contributed by atoms with E-state index in [0.717, 1.165) is 28.1 Å². The van der Waals surface area contributed by atoms with E-state index in [4.69, 9.17) is 5.73 Å². The molecule has 0 aliphatic rings. The van der Waals surface area contributed by atoms with Gasteiger partial charge in [-0.05, 0) is 37.5 Å². The van der Waals surface area contributed by atoms with Crippen molar-refractivity contribution in [2.24, 2.45) is 7.05 Å². The fourth-order valence-electron chi connectivity index (χ4n) is 2.59. The fraction of sp³-hybridized carbons (Fsp3) is 0.250. The minimum absolute atomic E-state index is 0.511. The Bertz CT molecular complexity index is 810. The molecular formula is C16H19N5. The standard InChI is InChI=1S/C16H19N5/c1-9-5-6-12(7-10(9)2)14-15(18-19-16(14)17)13-8-21(4)20-11(13)3/h5-8H,1-4H3,(H3,17,18,19). The molecule has 0 aliphatic heterocycles. The van der Waals surface area contributed by atoms with E-state index in [0.29, 0.717) is 5.82 Å². The third-order valence-corrected chi connectivity index (χ3v) is 3.87. The van der Waals surface area contributed by atoms with Crippen molar-refractivity contribution in [2.45, 2.75) is 20.8 Å². The Balaban J connectivity index is 2.21. The van der Waals surface area contributed by atoms with Gasteiger partial charge < -0.3 is 5.73 Å². The minimum Gasteiger partial charge on any atom is -0.382 e. The number of H-pyrrole nitrogens is 1. The maximum absolute atomic E-state index is 6.09. The molecule has 108 valence electrons. The molecule has 0 radical (unpaired) electrons. The monoisotopic (exact) mass is 281 g/mol. The lowest BCUT2D eigenvalue weighted by molar-refractivity contribution is 0.756. The summed E-state index contributed by atoms with van der Waals surface area (Å²) in [6, 6.07) is 6.33. The lowest BCUT2D eigenvalue weighted by atomic mass is 9.98. The number of aromatic nitrogens is 4. The Kier molecular flexibility index (Phi) is 3.05. The maximum Gasteiger partial charge on any atom is 0.153 e. The Morgan fingerprint density at radius 2 is 1.90 bits per heavy atom. The molecule has 0 spiro atoms. The zero-order valence-electron chi connectivity index (χ0n) is 12.7. The molecule has 0 amide bonds. The van der Waals surface area contributed by atoms with Crippen LogP contribution in [0.15, 0.2) is 24.4 Å². The quantitative estimate of drug-likeness (QED) is 0.758. The summed E-state index contributed by atoms with van der Waals surface area (Å²) >= 11 is 0. The first-order valence-corrected chi connectivity index (χ1v) is 6.89. The van der Waals surface area contributed by atoms with Crippen LogP contribution in [0.3, 0.4) is 0 Å². The van der Waals surface area contributed by atoms with Crippen LogP contribution in [-0.4, -0.2) is 20.0 Å². The molecule has 0 unspecified atom stereocenters. The van der Waals surface area contributed by atoms with Crippen LogP contribution in [0.2, 0.25) is 0 Å². The molecule has 0 bridgehead atoms. The van der Waals surface area contributed by atoms with Gasteiger partial charge in [-0.3, -0.25) is 9.78 Å². The highest BCUT2D eigenvalue weighted by molar-refractivity contribution is 5.88. The topological polar surface area (TPSA) is 72.5 Å². The van der Waals surface area contributed by atoms with Crippen molar-refractivity contribution in [1.29, 1.82) is 0 Å². The highest BCUT2D eigenvalue weighted by Crippen LogP contribution is 2.36. The summed E-state index contributed by atoms with van der Waals surface area (Å²) in [6.45, 7) is 6.19. The van der Waals surface area contributed by atoms with E-state index >= 15 is 0 Å². The highest BCUT2D eigenvalue weighted by Gasteiger charge is 2.18. The van der Waals surface area contributed by atoms with Gasteiger partial charge in [0.25, 0.3) is 0 Å². The summed E-state index contributed by atoms with van der Waals surface area (Å²) in [6.07, 6.45) is 1.98. The van der Waals surface area contributed by atoms with Gasteiger partial charge in [0.1, 0.15) is 0 Å². The van der Waals surface area contributed by atoms with E-state index in [-0.39, 0.29) is 0 Å². The first-order chi connectivity index (χ1) is 9.97. The lowest BCUT2D eigenvalue weighted by Crippen LogP contribution is -1.90. The molecular weight excluding hydrogens is 262 g/mol. The minimum atomic E-state index is 0.511. The number of nitrogen functional groups attached to an aromatic ring is 1. The molecule has 5 nitrogen and oxygen atoms in total. The molecule has 21 heavy (non-hydrogen) atoms. The zero-order valence-corrected chi connectivity index (χ0v) is 12.7. The first-order valence-electron chi connectivity index (χ1n) is 6.89. The van der Waals surface area contributed by atoms with Crippen LogP contribution >= 0.6 is 0 Å². The molecule has 2 aromatic heterocycles. The molecule has 3 aromatic rings. The van der Waals surface area contributed by atoms with Crippen molar-refractivity contribution in [3.63, 3.8) is 0 Å². The summed E-state index contributed by atoms with van der Waals surface area (Å²) in [5, 5.41) is 11.6. The van der Waals surface area contributed by atoms with Gasteiger partial charge in [-0.15, -0.1) is 0 Å². The smallest absolute Gasteiger partial charge is 0.153 e. The molecule has 3 rings (SSSR count). The van der Waals surface area contributed by atoms with Gasteiger partial charge in [0.05, 0.1) is 17.0 Å². The van der Waals surface area contributed by atoms with E-state index in [2.05, 4.69) is 47.3 Å². The van der Waals surface area contributed by atoms with Gasteiger partial charge >= 0.3 is 0 Å². The Hall–Kier alpha value is -2.56. The molecule has 5 heteroatoms. The molecule has 3 N–H and O–H groups in total. The molecule has 0 atom stereocenters. The number of nitrogens with two attached hydrogens (primary N) is 1. The summed E-state index contributed by atoms with van der Waals surface area (Å²) in [7, 11) is 1.91. The largest absolute Gasteiger partial charge is 0.382 e. The van der Waals surface area contributed by atoms with Crippen molar-refractivity contribution in [1.82, 2.24) is 20.0 Å². The average molecular weight is 281 g/mol. The third-order valence-electron chi connectivity index (χ3n) is 3.87. The lowest BCUT2D eigenvalue weighted by Gasteiger charge is -2.07. The second kappa shape index (κ2) is 4.77. The number of nitrogens with one attached hydrogen (secondary N) is 1. The van der Waals surface area contributed by atoms with Crippen LogP contribution in [-0.2, 0) is 7.05 Å². The average Bonchev–Trinajstić information content (AvgIpc) is 2.95. The zero-order chi connectivity index (χ0) is 15.1. The number of hydrogen-bond acceptors (Lipinski definition) is 3. The summed E-state index contributed by atoms with van der Waals surface area (Å²) in [4.78, 5) is 0. The fourth-order valence-corrected chi connectivity index (χ4v) is 2.59. The predicted octanol–water partition coefficient (Wildman–Crippen LogP) is 2.98. The number of anilines is 1. The second-order valence-electron chi connectivity index (χ2n) is 5.46. The Labute approximate surface area is 123 Å². The first kappa shape index (κ1) is 13.4. The third kappa shape index (κ3) is 2.20. The number of rotatable bonds is 2. The highest BCUT2D eigenvalue weighted by atomic mass is 15.3. The van der Waals surface area contributed by atoms with E-state index in [1.54, 1.807) is 4.68 Å². The van der Waals surface area contributed by atoms with Crippen LogP contribution in [0.1, 0.15) is 16.8 Å². The summed E-state index contributed by atoms with van der Waals surface area (Å²) in [5.74, 6) is 0.511. The van der Waals surface area contributed by atoms with Gasteiger partial charge in [0, 0.05) is 18.8 Å². The summed E-state index contributed by atoms with van der Waals surface area (Å²) < 4.78 is 1.80. The van der Waals surface area contributed by atoms with E-state index in [1.165, 1.54) is 11.1 Å². The molecule has 0 saturated carbocycles. The molecule has 0 aliphatic carbocycles. The van der Waals surface area contributed by atoms with Gasteiger partial charge in [-0.25, -0.2) is 0 Å². The van der Waals surface area contributed by atoms with Crippen molar-refractivity contribution in [3.05, 3.63) is 41.2 Å². The van der Waals surface area contributed by atoms with Crippen LogP contribution in [0, 0.1) is 20.8 Å². The van der Waals surface area contributed by atoms with Gasteiger partial charge in [-0.1, -0.05) is 18.2 Å². The maximum atomic E-state index is 6.09. The normalized spacial score (nSPS) is 11.0.